The second kappa shape index (κ2) is 9.02. The molecule has 8 nitrogen and oxygen atoms in total. The van der Waals surface area contributed by atoms with Crippen LogP contribution in [0.1, 0.15) is 11.1 Å². The number of esters is 1. The number of sulfonamides is 1. The van der Waals surface area contributed by atoms with Crippen molar-refractivity contribution in [2.75, 3.05) is 20.8 Å². The van der Waals surface area contributed by atoms with Gasteiger partial charge in [0, 0.05) is 11.6 Å². The second-order valence-corrected chi connectivity index (χ2v) is 7.01. The number of nitrogens with one attached hydrogen (secondary N) is 1. The lowest BCUT2D eigenvalue weighted by Gasteiger charge is -2.12. The van der Waals surface area contributed by atoms with E-state index < -0.39 is 22.5 Å². The first kappa shape index (κ1) is 20.2. The van der Waals surface area contributed by atoms with Crippen molar-refractivity contribution in [3.8, 4) is 17.6 Å². The van der Waals surface area contributed by atoms with Crippen LogP contribution in [0.25, 0.3) is 0 Å². The van der Waals surface area contributed by atoms with Crippen molar-refractivity contribution in [2.24, 2.45) is 0 Å². The van der Waals surface area contributed by atoms with Gasteiger partial charge in [0.05, 0.1) is 25.9 Å². The fourth-order valence-electron chi connectivity index (χ4n) is 2.19. The van der Waals surface area contributed by atoms with Gasteiger partial charge in [0.15, 0.2) is 0 Å². The highest BCUT2D eigenvalue weighted by molar-refractivity contribution is 7.89. The number of rotatable bonds is 8. The van der Waals surface area contributed by atoms with Crippen molar-refractivity contribution < 1.29 is 27.4 Å². The van der Waals surface area contributed by atoms with Gasteiger partial charge in [-0.25, -0.2) is 8.42 Å². The van der Waals surface area contributed by atoms with E-state index in [-0.39, 0.29) is 17.3 Å². The number of ether oxygens (including phenoxy) is 3. The average Bonchev–Trinajstić information content (AvgIpc) is 2.70. The molecule has 0 saturated carbocycles. The number of nitriles is 1. The molecule has 0 heterocycles. The summed E-state index contributed by atoms with van der Waals surface area (Å²) in [5, 5.41) is 9.01. The van der Waals surface area contributed by atoms with Crippen LogP contribution in [-0.2, 0) is 26.2 Å². The highest BCUT2D eigenvalue weighted by Crippen LogP contribution is 2.27. The van der Waals surface area contributed by atoms with Crippen molar-refractivity contribution >= 4 is 16.0 Å². The van der Waals surface area contributed by atoms with E-state index in [4.69, 9.17) is 19.5 Å². The fraction of sp³-hybridized carbons (Fsp3) is 0.222. The third kappa shape index (κ3) is 5.20. The molecular weight excluding hydrogens is 372 g/mol. The summed E-state index contributed by atoms with van der Waals surface area (Å²) < 4.78 is 42.2. The summed E-state index contributed by atoms with van der Waals surface area (Å²) in [5.74, 6) is -0.348. The quantitative estimate of drug-likeness (QED) is 0.681. The predicted molar refractivity (Wildman–Crippen MR) is 95.7 cm³/mol. The minimum absolute atomic E-state index is 0.111. The lowest BCUT2D eigenvalue weighted by atomic mass is 10.1. The van der Waals surface area contributed by atoms with E-state index >= 15 is 0 Å². The third-order valence-corrected chi connectivity index (χ3v) is 5.02. The van der Waals surface area contributed by atoms with Crippen molar-refractivity contribution in [3.63, 3.8) is 0 Å². The number of benzene rings is 2. The van der Waals surface area contributed by atoms with Crippen LogP contribution >= 0.6 is 0 Å². The van der Waals surface area contributed by atoms with Gasteiger partial charge in [-0.2, -0.15) is 9.98 Å². The Morgan fingerprint density at radius 3 is 2.56 bits per heavy atom. The number of hydrogen-bond donors (Lipinski definition) is 1. The van der Waals surface area contributed by atoms with Crippen LogP contribution < -0.4 is 14.2 Å². The van der Waals surface area contributed by atoms with E-state index in [1.54, 1.807) is 30.3 Å². The zero-order valence-corrected chi connectivity index (χ0v) is 15.6. The van der Waals surface area contributed by atoms with Crippen molar-refractivity contribution in [1.29, 1.82) is 5.26 Å². The first-order valence-corrected chi connectivity index (χ1v) is 9.25. The van der Waals surface area contributed by atoms with E-state index in [0.717, 1.165) is 0 Å². The number of hydrogen-bond acceptors (Lipinski definition) is 7. The van der Waals surface area contributed by atoms with Crippen LogP contribution in [0, 0.1) is 11.3 Å². The molecule has 0 fully saturated rings. The number of carbonyl (C=O) groups is 1. The predicted octanol–water partition coefficient (Wildman–Crippen LogP) is 1.60. The average molecular weight is 390 g/mol. The molecule has 2 aromatic carbocycles. The van der Waals surface area contributed by atoms with Crippen LogP contribution in [0.3, 0.4) is 0 Å². The number of carbonyl (C=O) groups excluding carboxylic acids is 1. The molecule has 0 spiro atoms. The van der Waals surface area contributed by atoms with Gasteiger partial charge in [-0.1, -0.05) is 18.2 Å². The summed E-state index contributed by atoms with van der Waals surface area (Å²) in [6, 6.07) is 12.9. The third-order valence-electron chi connectivity index (χ3n) is 3.59. The smallest absolute Gasteiger partial charge is 0.321 e. The lowest BCUT2D eigenvalue weighted by Crippen LogP contribution is -2.31. The molecule has 2 aromatic rings. The van der Waals surface area contributed by atoms with Crippen LogP contribution in [0.4, 0.5) is 0 Å². The molecule has 9 heteroatoms. The standard InChI is InChI=1S/C18H18N2O6S/c1-24-15-7-8-16(25-2)17(9-15)27(22,23)20-11-18(21)26-12-14-6-4-3-5-13(14)10-19/h3-9,20H,11-12H2,1-2H3. The van der Waals surface area contributed by atoms with Crippen LogP contribution in [0.5, 0.6) is 11.5 Å². The molecule has 0 aliphatic carbocycles. The van der Waals surface area contributed by atoms with E-state index in [1.807, 2.05) is 6.07 Å². The maximum absolute atomic E-state index is 12.5. The van der Waals surface area contributed by atoms with Gasteiger partial charge in [-0.15, -0.1) is 0 Å². The molecule has 0 saturated heterocycles. The zero-order chi connectivity index (χ0) is 19.9. The normalized spacial score (nSPS) is 10.7. The molecule has 0 amide bonds. The minimum atomic E-state index is -4.03. The Bertz CT molecular complexity index is 966. The molecule has 2 rings (SSSR count). The van der Waals surface area contributed by atoms with Gasteiger partial charge < -0.3 is 14.2 Å². The SMILES string of the molecule is COc1ccc(OC)c(S(=O)(=O)NCC(=O)OCc2ccccc2C#N)c1. The van der Waals surface area contributed by atoms with Crippen LogP contribution in [-0.4, -0.2) is 35.2 Å². The van der Waals surface area contributed by atoms with Gasteiger partial charge in [-0.05, 0) is 18.2 Å². The molecule has 1 N–H and O–H groups in total. The molecule has 0 radical (unpaired) electrons. The van der Waals surface area contributed by atoms with E-state index in [1.165, 1.54) is 26.4 Å². The first-order chi connectivity index (χ1) is 12.9. The molecule has 0 bridgehead atoms. The largest absolute Gasteiger partial charge is 0.497 e. The highest BCUT2D eigenvalue weighted by Gasteiger charge is 2.22. The summed E-state index contributed by atoms with van der Waals surface area (Å²) in [7, 11) is -1.29. The number of methoxy groups -OCH3 is 2. The molecule has 0 unspecified atom stereocenters. The minimum Gasteiger partial charge on any atom is -0.497 e. The molecule has 0 atom stereocenters. The van der Waals surface area contributed by atoms with Gasteiger partial charge in [0.1, 0.15) is 29.5 Å². The Kier molecular flexibility index (Phi) is 6.76. The maximum atomic E-state index is 12.5. The maximum Gasteiger partial charge on any atom is 0.321 e. The molecule has 142 valence electrons. The summed E-state index contributed by atoms with van der Waals surface area (Å²) in [6.45, 7) is -0.704. The summed E-state index contributed by atoms with van der Waals surface area (Å²) in [5.41, 5.74) is 0.915. The van der Waals surface area contributed by atoms with Gasteiger partial charge in [-0.3, -0.25) is 4.79 Å². The molecule has 0 aliphatic heterocycles. The van der Waals surface area contributed by atoms with Crippen molar-refractivity contribution in [2.45, 2.75) is 11.5 Å². The fourth-order valence-corrected chi connectivity index (χ4v) is 3.34. The Hall–Kier alpha value is -3.09. The van der Waals surface area contributed by atoms with Crippen molar-refractivity contribution in [1.82, 2.24) is 4.72 Å². The zero-order valence-electron chi connectivity index (χ0n) is 14.8. The Morgan fingerprint density at radius 1 is 1.15 bits per heavy atom. The lowest BCUT2D eigenvalue weighted by molar-refractivity contribution is -0.143. The Labute approximate surface area is 157 Å². The van der Waals surface area contributed by atoms with Crippen molar-refractivity contribution in [3.05, 3.63) is 53.6 Å². The van der Waals surface area contributed by atoms with Gasteiger partial charge in [0.25, 0.3) is 0 Å². The monoisotopic (exact) mass is 390 g/mol. The van der Waals surface area contributed by atoms with E-state index in [0.29, 0.717) is 16.9 Å². The topological polar surface area (TPSA) is 115 Å². The van der Waals surface area contributed by atoms with E-state index in [2.05, 4.69) is 4.72 Å². The van der Waals surface area contributed by atoms with E-state index in [9.17, 15) is 13.2 Å². The Balaban J connectivity index is 2.03. The molecular formula is C18H18N2O6S. The van der Waals surface area contributed by atoms with Gasteiger partial charge >= 0.3 is 5.97 Å². The Morgan fingerprint density at radius 2 is 1.89 bits per heavy atom. The summed E-state index contributed by atoms with van der Waals surface area (Å²) >= 11 is 0. The molecule has 0 aromatic heterocycles. The molecule has 0 aliphatic rings. The number of nitrogens with zero attached hydrogens (tertiary/aromatic N) is 1. The summed E-state index contributed by atoms with van der Waals surface area (Å²) in [4.78, 5) is 11.7. The second-order valence-electron chi connectivity index (χ2n) is 5.27. The highest BCUT2D eigenvalue weighted by atomic mass is 32.2. The van der Waals surface area contributed by atoms with Crippen LogP contribution in [0.15, 0.2) is 47.4 Å². The van der Waals surface area contributed by atoms with Gasteiger partial charge in [0.2, 0.25) is 10.0 Å². The molecule has 27 heavy (non-hydrogen) atoms. The first-order valence-electron chi connectivity index (χ1n) is 7.76. The van der Waals surface area contributed by atoms with Crippen LogP contribution in [0.2, 0.25) is 0 Å². The summed E-state index contributed by atoms with van der Waals surface area (Å²) in [6.07, 6.45) is 0.